The minimum absolute atomic E-state index is 0.175. The van der Waals surface area contributed by atoms with Gasteiger partial charge >= 0.3 is 0 Å². The molecular weight excluding hydrogens is 281 g/mol. The van der Waals surface area contributed by atoms with Crippen LogP contribution in [0.5, 0.6) is 0 Å². The monoisotopic (exact) mass is 301 g/mol. The molecule has 2 heterocycles. The van der Waals surface area contributed by atoms with Gasteiger partial charge < -0.3 is 10.4 Å². The zero-order valence-electron chi connectivity index (χ0n) is 13.3. The first kappa shape index (κ1) is 14.2. The predicted octanol–water partition coefficient (Wildman–Crippen LogP) is 3.75. The minimum atomic E-state index is 0.175. The Morgan fingerprint density at radius 3 is 2.87 bits per heavy atom. The van der Waals surface area contributed by atoms with E-state index in [1.807, 2.05) is 12.1 Å². The fourth-order valence-corrected chi connectivity index (χ4v) is 3.89. The molecule has 2 nitrogen and oxygen atoms in total. The maximum atomic E-state index is 9.86. The van der Waals surface area contributed by atoms with Gasteiger partial charge in [0, 0.05) is 17.2 Å². The predicted molar refractivity (Wildman–Crippen MR) is 97.3 cm³/mol. The largest absolute Gasteiger partial charge is 0.508 e. The Balaban J connectivity index is 1.67. The Bertz CT molecular complexity index is 824. The Labute approximate surface area is 137 Å². The first-order valence-electron chi connectivity index (χ1n) is 8.16. The number of aliphatic hydroxyl groups excluding tert-OH is 1. The van der Waals surface area contributed by atoms with Crippen LogP contribution in [-0.4, -0.2) is 17.8 Å². The van der Waals surface area contributed by atoms with E-state index in [0.29, 0.717) is 12.7 Å². The molecule has 0 fully saturated rings. The van der Waals surface area contributed by atoms with Crippen molar-refractivity contribution in [2.75, 3.05) is 0 Å². The molecule has 114 valence electrons. The standard InChI is InChI=1S/C20H20BNO/c1-13-5-3-7-16(9-13)19-12-21-11-18-15(10-20(21)22-19)6-4-8-17(18)14(2)23/h3-9,12,20,22-23H,2,10-11H2,1H3. The molecule has 0 saturated heterocycles. The van der Waals surface area contributed by atoms with Gasteiger partial charge in [0.1, 0.15) is 5.76 Å². The van der Waals surface area contributed by atoms with Crippen molar-refractivity contribution in [3.8, 4) is 0 Å². The van der Waals surface area contributed by atoms with Crippen LogP contribution in [-0.2, 0) is 12.7 Å². The van der Waals surface area contributed by atoms with Crippen molar-refractivity contribution in [2.24, 2.45) is 0 Å². The lowest BCUT2D eigenvalue weighted by Gasteiger charge is -2.27. The van der Waals surface area contributed by atoms with E-state index >= 15 is 0 Å². The maximum Gasteiger partial charge on any atom is 0.199 e. The van der Waals surface area contributed by atoms with Crippen LogP contribution in [0.3, 0.4) is 0 Å². The van der Waals surface area contributed by atoms with Crippen molar-refractivity contribution in [3.63, 3.8) is 0 Å². The smallest absolute Gasteiger partial charge is 0.199 e. The lowest BCUT2D eigenvalue weighted by atomic mass is 9.39. The number of rotatable bonds is 2. The van der Waals surface area contributed by atoms with Gasteiger partial charge in [-0.05, 0) is 36.4 Å². The number of fused-ring (bicyclic) bond motifs is 2. The Kier molecular flexibility index (Phi) is 3.30. The zero-order valence-corrected chi connectivity index (χ0v) is 13.3. The van der Waals surface area contributed by atoms with E-state index in [1.54, 1.807) is 0 Å². The van der Waals surface area contributed by atoms with Gasteiger partial charge in [0.25, 0.3) is 0 Å². The Morgan fingerprint density at radius 1 is 1.26 bits per heavy atom. The number of aryl methyl sites for hydroxylation is 1. The molecule has 0 bridgehead atoms. The number of benzene rings is 2. The molecule has 1 unspecified atom stereocenters. The topological polar surface area (TPSA) is 32.3 Å². The fraction of sp³-hybridized carbons (Fsp3) is 0.200. The highest BCUT2D eigenvalue weighted by atomic mass is 16.3. The molecule has 2 aromatic carbocycles. The molecule has 2 N–H and O–H groups in total. The van der Waals surface area contributed by atoms with Crippen molar-refractivity contribution in [3.05, 3.63) is 82.8 Å². The van der Waals surface area contributed by atoms with Gasteiger partial charge in [0.15, 0.2) is 6.71 Å². The second-order valence-corrected chi connectivity index (χ2v) is 6.66. The summed E-state index contributed by atoms with van der Waals surface area (Å²) in [5.41, 5.74) is 7.26. The van der Waals surface area contributed by atoms with Crippen LogP contribution in [0.15, 0.2) is 55.0 Å². The van der Waals surface area contributed by atoms with Gasteiger partial charge in [-0.2, -0.15) is 0 Å². The van der Waals surface area contributed by atoms with Gasteiger partial charge in [-0.3, -0.25) is 0 Å². The summed E-state index contributed by atoms with van der Waals surface area (Å²) in [4.78, 5) is 0. The molecule has 4 rings (SSSR count). The number of hydrogen-bond acceptors (Lipinski definition) is 2. The third-order valence-electron chi connectivity index (χ3n) is 5.03. The van der Waals surface area contributed by atoms with Gasteiger partial charge in [-0.1, -0.05) is 60.6 Å². The molecule has 0 amide bonds. The van der Waals surface area contributed by atoms with Crippen LogP contribution in [0.2, 0.25) is 0 Å². The first-order chi connectivity index (χ1) is 11.1. The average Bonchev–Trinajstić information content (AvgIpc) is 2.94. The van der Waals surface area contributed by atoms with Gasteiger partial charge in [0.2, 0.25) is 0 Å². The van der Waals surface area contributed by atoms with Crippen LogP contribution >= 0.6 is 0 Å². The van der Waals surface area contributed by atoms with Crippen molar-refractivity contribution in [2.45, 2.75) is 25.6 Å². The maximum absolute atomic E-state index is 9.86. The highest BCUT2D eigenvalue weighted by Crippen LogP contribution is 2.32. The molecule has 0 aromatic heterocycles. The average molecular weight is 301 g/mol. The van der Waals surface area contributed by atoms with E-state index in [2.05, 4.69) is 55.1 Å². The second-order valence-electron chi connectivity index (χ2n) is 6.66. The summed E-state index contributed by atoms with van der Waals surface area (Å²) in [5, 5.41) is 13.6. The van der Waals surface area contributed by atoms with Gasteiger partial charge in [-0.25, -0.2) is 0 Å². The minimum Gasteiger partial charge on any atom is -0.508 e. The number of nitrogens with one attached hydrogen (secondary N) is 1. The molecular formula is C20H20BNO. The Hall–Kier alpha value is -2.42. The van der Waals surface area contributed by atoms with Gasteiger partial charge in [-0.15, -0.1) is 0 Å². The number of hydrogen-bond donors (Lipinski definition) is 2. The molecule has 0 radical (unpaired) electrons. The summed E-state index contributed by atoms with van der Waals surface area (Å²) >= 11 is 0. The SMILES string of the molecule is C=C(O)c1cccc2c1CB1C=C(c3cccc(C)c3)NC1C2. The van der Waals surface area contributed by atoms with E-state index in [4.69, 9.17) is 0 Å². The van der Waals surface area contributed by atoms with E-state index in [9.17, 15) is 5.11 Å². The van der Waals surface area contributed by atoms with Gasteiger partial charge in [0.05, 0.1) is 0 Å². The lowest BCUT2D eigenvalue weighted by molar-refractivity contribution is 0.512. The van der Waals surface area contributed by atoms with E-state index < -0.39 is 0 Å². The molecule has 1 atom stereocenters. The van der Waals surface area contributed by atoms with Crippen LogP contribution in [0.4, 0.5) is 0 Å². The summed E-state index contributed by atoms with van der Waals surface area (Å²) in [7, 11) is 0. The zero-order chi connectivity index (χ0) is 16.0. The van der Waals surface area contributed by atoms with E-state index in [-0.39, 0.29) is 5.76 Å². The van der Waals surface area contributed by atoms with Crippen LogP contribution < -0.4 is 5.32 Å². The summed E-state index contributed by atoms with van der Waals surface area (Å²) in [6.07, 6.45) is 1.95. The van der Waals surface area contributed by atoms with Crippen molar-refractivity contribution < 1.29 is 5.11 Å². The van der Waals surface area contributed by atoms with E-state index in [0.717, 1.165) is 18.3 Å². The fourth-order valence-electron chi connectivity index (χ4n) is 3.89. The molecule has 0 aliphatic carbocycles. The number of aliphatic hydroxyl groups is 1. The van der Waals surface area contributed by atoms with Crippen LogP contribution in [0.1, 0.15) is 27.8 Å². The highest BCUT2D eigenvalue weighted by molar-refractivity contribution is 6.68. The summed E-state index contributed by atoms with van der Waals surface area (Å²) in [6.45, 7) is 6.31. The molecule has 0 saturated carbocycles. The third-order valence-corrected chi connectivity index (χ3v) is 5.03. The van der Waals surface area contributed by atoms with Crippen molar-refractivity contribution in [1.82, 2.24) is 5.32 Å². The molecule has 3 heteroatoms. The molecule has 2 aromatic rings. The third kappa shape index (κ3) is 2.46. The normalized spacial score (nSPS) is 18.7. The van der Waals surface area contributed by atoms with Crippen molar-refractivity contribution >= 4 is 18.2 Å². The summed E-state index contributed by atoms with van der Waals surface area (Å²) < 4.78 is 0. The summed E-state index contributed by atoms with van der Waals surface area (Å²) in [5.74, 6) is 2.98. The second kappa shape index (κ2) is 5.34. The molecule has 2 aliphatic rings. The van der Waals surface area contributed by atoms with Crippen molar-refractivity contribution in [1.29, 1.82) is 0 Å². The summed E-state index contributed by atoms with van der Waals surface area (Å²) in [6, 6.07) is 14.8. The lowest BCUT2D eigenvalue weighted by Crippen LogP contribution is -2.42. The highest BCUT2D eigenvalue weighted by Gasteiger charge is 2.36. The Morgan fingerprint density at radius 2 is 2.09 bits per heavy atom. The van der Waals surface area contributed by atoms with E-state index in [1.165, 1.54) is 28.0 Å². The van der Waals surface area contributed by atoms with Crippen LogP contribution in [0.25, 0.3) is 11.5 Å². The van der Waals surface area contributed by atoms with Crippen LogP contribution in [0, 0.1) is 6.92 Å². The molecule has 2 aliphatic heterocycles. The molecule has 23 heavy (non-hydrogen) atoms. The first-order valence-corrected chi connectivity index (χ1v) is 8.16. The molecule has 0 spiro atoms. The quantitative estimate of drug-likeness (QED) is 0.654.